The number of ketones is 1. The third kappa shape index (κ3) is 2.45. The Hall–Kier alpha value is -1.47. The lowest BCUT2D eigenvalue weighted by Crippen LogP contribution is -2.55. The topological polar surface area (TPSA) is 70.1 Å². The van der Waals surface area contributed by atoms with Gasteiger partial charge < -0.3 is 4.84 Å². The first-order valence-electron chi connectivity index (χ1n) is 7.95. The molecular formula is C17H21ClN2O4. The summed E-state index contributed by atoms with van der Waals surface area (Å²) in [5, 5.41) is 13.4. The summed E-state index contributed by atoms with van der Waals surface area (Å²) in [7, 11) is 1.57. The smallest absolute Gasteiger partial charge is 0.262 e. The molecule has 1 atom stereocenters. The van der Waals surface area contributed by atoms with E-state index in [4.69, 9.17) is 16.4 Å². The lowest BCUT2D eigenvalue weighted by Gasteiger charge is -2.39. The molecule has 6 nitrogen and oxygen atoms in total. The fraction of sp³-hybridized carbons (Fsp3) is 0.529. The van der Waals surface area contributed by atoms with Crippen LogP contribution in [0.15, 0.2) is 12.1 Å². The molecule has 0 bridgehead atoms. The van der Waals surface area contributed by atoms with Gasteiger partial charge in [0.25, 0.3) is 5.91 Å². The van der Waals surface area contributed by atoms with Crippen LogP contribution in [0.2, 0.25) is 5.02 Å². The van der Waals surface area contributed by atoms with Gasteiger partial charge in [0.1, 0.15) is 11.5 Å². The average molecular weight is 353 g/mol. The van der Waals surface area contributed by atoms with Crippen LogP contribution in [0.5, 0.6) is 0 Å². The van der Waals surface area contributed by atoms with Crippen molar-refractivity contribution in [2.45, 2.75) is 38.1 Å². The molecule has 1 amide bonds. The molecular weight excluding hydrogens is 332 g/mol. The van der Waals surface area contributed by atoms with E-state index >= 15 is 0 Å². The fourth-order valence-corrected chi connectivity index (χ4v) is 4.27. The molecule has 1 N–H and O–H groups in total. The van der Waals surface area contributed by atoms with Gasteiger partial charge in [0.05, 0.1) is 7.11 Å². The standard InChI is InChI=1S/C17H21ClN2O4/c1-10-8-12(18)9-11(2)13(10)14-15(21)17(20(23)16(14)22)4-6-19(24-3)7-5-17/h8-9,14,23H,4-7H2,1-3H3. The van der Waals surface area contributed by atoms with Gasteiger partial charge in [0.15, 0.2) is 5.78 Å². The zero-order valence-corrected chi connectivity index (χ0v) is 14.8. The molecule has 2 aliphatic rings. The Morgan fingerprint density at radius 2 is 1.75 bits per heavy atom. The molecule has 1 spiro atoms. The highest BCUT2D eigenvalue weighted by Crippen LogP contribution is 2.43. The molecule has 0 radical (unpaired) electrons. The summed E-state index contributed by atoms with van der Waals surface area (Å²) in [5.41, 5.74) is 1.06. The van der Waals surface area contributed by atoms with Crippen molar-refractivity contribution in [2.75, 3.05) is 20.2 Å². The molecule has 3 rings (SSSR count). The number of Topliss-reactive ketones (excluding diaryl/α,β-unsaturated/α-hetero) is 1. The summed E-state index contributed by atoms with van der Waals surface area (Å²) in [6.45, 7) is 4.62. The van der Waals surface area contributed by atoms with Crippen LogP contribution in [0.25, 0.3) is 0 Å². The maximum absolute atomic E-state index is 13.2. The van der Waals surface area contributed by atoms with Crippen LogP contribution in [-0.2, 0) is 14.4 Å². The molecule has 2 fully saturated rings. The minimum atomic E-state index is -1.16. The van der Waals surface area contributed by atoms with Crippen molar-refractivity contribution < 1.29 is 19.6 Å². The number of nitrogens with zero attached hydrogens (tertiary/aromatic N) is 2. The van der Waals surface area contributed by atoms with Gasteiger partial charge in [0.2, 0.25) is 0 Å². The monoisotopic (exact) mass is 352 g/mol. The van der Waals surface area contributed by atoms with Crippen molar-refractivity contribution in [2.24, 2.45) is 0 Å². The van der Waals surface area contributed by atoms with Crippen molar-refractivity contribution in [3.05, 3.63) is 33.8 Å². The van der Waals surface area contributed by atoms with E-state index in [-0.39, 0.29) is 5.78 Å². The molecule has 7 heteroatoms. The van der Waals surface area contributed by atoms with Crippen LogP contribution in [0, 0.1) is 13.8 Å². The van der Waals surface area contributed by atoms with Crippen LogP contribution < -0.4 is 0 Å². The second kappa shape index (κ2) is 6.11. The molecule has 24 heavy (non-hydrogen) atoms. The van der Waals surface area contributed by atoms with Gasteiger partial charge in [-0.25, -0.2) is 5.06 Å². The first-order valence-corrected chi connectivity index (χ1v) is 8.32. The number of amides is 1. The first kappa shape index (κ1) is 17.4. The van der Waals surface area contributed by atoms with E-state index in [0.717, 1.165) is 11.1 Å². The molecule has 0 saturated carbocycles. The minimum absolute atomic E-state index is 0.237. The minimum Gasteiger partial charge on any atom is -0.302 e. The summed E-state index contributed by atoms with van der Waals surface area (Å²) in [6, 6.07) is 3.48. The zero-order chi connectivity index (χ0) is 17.6. The van der Waals surface area contributed by atoms with E-state index in [1.165, 1.54) is 0 Å². The number of hydrogen-bond acceptors (Lipinski definition) is 5. The number of halogens is 1. The number of aryl methyl sites for hydroxylation is 2. The zero-order valence-electron chi connectivity index (χ0n) is 14.0. The van der Waals surface area contributed by atoms with E-state index in [2.05, 4.69) is 0 Å². The number of carbonyl (C=O) groups excluding carboxylic acids is 2. The Balaban J connectivity index is 2.01. The van der Waals surface area contributed by atoms with E-state index < -0.39 is 17.4 Å². The summed E-state index contributed by atoms with van der Waals surface area (Å²) in [5.74, 6) is -1.76. The van der Waals surface area contributed by atoms with E-state index in [1.807, 2.05) is 13.8 Å². The van der Waals surface area contributed by atoms with E-state index in [0.29, 0.717) is 41.6 Å². The molecule has 130 valence electrons. The predicted molar refractivity (Wildman–Crippen MR) is 87.9 cm³/mol. The van der Waals surface area contributed by atoms with Gasteiger partial charge in [0, 0.05) is 18.1 Å². The lowest BCUT2D eigenvalue weighted by molar-refractivity contribution is -0.208. The van der Waals surface area contributed by atoms with Gasteiger partial charge in [-0.2, -0.15) is 5.06 Å². The van der Waals surface area contributed by atoms with Crippen LogP contribution in [-0.4, -0.2) is 52.8 Å². The molecule has 1 aromatic carbocycles. The Kier molecular flexibility index (Phi) is 4.42. The largest absolute Gasteiger partial charge is 0.302 e. The Labute approximate surface area is 145 Å². The van der Waals surface area contributed by atoms with Gasteiger partial charge in [-0.15, -0.1) is 0 Å². The van der Waals surface area contributed by atoms with Crippen LogP contribution in [0.1, 0.15) is 35.4 Å². The quantitative estimate of drug-likeness (QED) is 0.653. The van der Waals surface area contributed by atoms with Crippen molar-refractivity contribution in [1.82, 2.24) is 10.1 Å². The molecule has 2 saturated heterocycles. The third-order valence-corrected chi connectivity index (χ3v) is 5.46. The molecule has 1 aromatic rings. The second-order valence-corrected chi connectivity index (χ2v) is 6.98. The Bertz CT molecular complexity index is 675. The average Bonchev–Trinajstić information content (AvgIpc) is 2.71. The Morgan fingerprint density at radius 3 is 2.25 bits per heavy atom. The first-order chi connectivity index (χ1) is 11.3. The van der Waals surface area contributed by atoms with Crippen molar-refractivity contribution in [3.8, 4) is 0 Å². The number of carbonyl (C=O) groups is 2. The molecule has 0 aromatic heterocycles. The summed E-state index contributed by atoms with van der Waals surface area (Å²) in [6.07, 6.45) is 0.703. The molecule has 2 aliphatic heterocycles. The highest BCUT2D eigenvalue weighted by atomic mass is 35.5. The Morgan fingerprint density at radius 1 is 1.21 bits per heavy atom. The van der Waals surface area contributed by atoms with Crippen molar-refractivity contribution in [3.63, 3.8) is 0 Å². The summed E-state index contributed by atoms with van der Waals surface area (Å²) >= 11 is 6.06. The highest BCUT2D eigenvalue weighted by Gasteiger charge is 2.60. The van der Waals surface area contributed by atoms with Gasteiger partial charge in [-0.05, 0) is 55.5 Å². The lowest BCUT2D eigenvalue weighted by atomic mass is 9.79. The van der Waals surface area contributed by atoms with E-state index in [9.17, 15) is 14.8 Å². The maximum atomic E-state index is 13.2. The number of rotatable bonds is 2. The van der Waals surface area contributed by atoms with Crippen molar-refractivity contribution >= 4 is 23.3 Å². The number of hydrogen-bond donors (Lipinski definition) is 1. The van der Waals surface area contributed by atoms with Crippen LogP contribution in [0.3, 0.4) is 0 Å². The van der Waals surface area contributed by atoms with Crippen molar-refractivity contribution in [1.29, 1.82) is 0 Å². The second-order valence-electron chi connectivity index (χ2n) is 6.54. The van der Waals surface area contributed by atoms with Gasteiger partial charge >= 0.3 is 0 Å². The number of hydroxylamine groups is 4. The summed E-state index contributed by atoms with van der Waals surface area (Å²) in [4.78, 5) is 31.1. The molecule has 0 aliphatic carbocycles. The highest BCUT2D eigenvalue weighted by molar-refractivity contribution is 6.30. The third-order valence-electron chi connectivity index (χ3n) is 5.24. The van der Waals surface area contributed by atoms with E-state index in [1.54, 1.807) is 24.3 Å². The normalized spacial score (nSPS) is 24.2. The fourth-order valence-electron chi connectivity index (χ4n) is 3.95. The van der Waals surface area contributed by atoms with Crippen LogP contribution >= 0.6 is 11.6 Å². The number of benzene rings is 1. The summed E-state index contributed by atoms with van der Waals surface area (Å²) < 4.78 is 0. The molecule has 1 unspecified atom stereocenters. The van der Waals surface area contributed by atoms with Gasteiger partial charge in [-0.1, -0.05) is 11.6 Å². The van der Waals surface area contributed by atoms with Crippen LogP contribution in [0.4, 0.5) is 0 Å². The predicted octanol–water partition coefficient (Wildman–Crippen LogP) is 2.24. The van der Waals surface area contributed by atoms with Gasteiger partial charge in [-0.3, -0.25) is 14.8 Å². The number of piperidine rings is 1. The maximum Gasteiger partial charge on any atom is 0.262 e. The SMILES string of the molecule is CON1CCC2(CC1)C(=O)C(c1c(C)cc(Cl)cc1C)C(=O)N2O. The molecule has 2 heterocycles.